The van der Waals surface area contributed by atoms with E-state index in [1.807, 2.05) is 4.91 Å². The van der Waals surface area contributed by atoms with Crippen LogP contribution in [0.25, 0.3) is 10.4 Å². The van der Waals surface area contributed by atoms with Crippen molar-refractivity contribution in [1.82, 2.24) is 0 Å². The van der Waals surface area contributed by atoms with Gasteiger partial charge in [-0.05, 0) is 5.53 Å². The molecule has 0 aliphatic heterocycles. The second kappa shape index (κ2) is 2.44. The minimum atomic E-state index is -3.87. The summed E-state index contributed by atoms with van der Waals surface area (Å²) in [5.74, 6) is 0. The third-order valence-electron chi connectivity index (χ3n) is 0.324. The van der Waals surface area contributed by atoms with Crippen molar-refractivity contribution in [2.24, 2.45) is 5.11 Å². The van der Waals surface area contributed by atoms with Crippen LogP contribution in [0.15, 0.2) is 5.11 Å². The molecule has 0 aromatic carbocycles. The first-order chi connectivity index (χ1) is 3.56. The van der Waals surface area contributed by atoms with E-state index >= 15 is 0 Å². The number of hydrogen-bond acceptors (Lipinski definition) is 2. The first-order valence-electron chi connectivity index (χ1n) is 1.67. The van der Waals surface area contributed by atoms with Crippen LogP contribution in [0.1, 0.15) is 0 Å². The normalized spacial score (nSPS) is 10.4. The Balaban J connectivity index is 3.55. The molecule has 0 aliphatic carbocycles. The summed E-state index contributed by atoms with van der Waals surface area (Å²) >= 11 is 0. The molecule has 0 spiro atoms. The Morgan fingerprint density at radius 3 is 2.38 bits per heavy atom. The van der Waals surface area contributed by atoms with Crippen LogP contribution in [0.5, 0.6) is 0 Å². The molecule has 0 atom stereocenters. The fourth-order valence-electron chi connectivity index (χ4n) is 0.117. The van der Waals surface area contributed by atoms with Gasteiger partial charge in [-0.1, -0.05) is 5.11 Å². The molecule has 0 saturated heterocycles. The van der Waals surface area contributed by atoms with E-state index in [2.05, 4.69) is 5.11 Å². The Bertz CT molecular complexity index is 113. The van der Waals surface area contributed by atoms with Crippen LogP contribution in [0.4, 0.5) is 8.78 Å². The molecular formula is C2H3F2N3O. The molecule has 0 heterocycles. The van der Waals surface area contributed by atoms with Gasteiger partial charge in [0.05, 0.1) is 0 Å². The zero-order valence-electron chi connectivity index (χ0n) is 3.75. The highest BCUT2D eigenvalue weighted by Crippen LogP contribution is 2.06. The topological polar surface area (TPSA) is 69.0 Å². The van der Waals surface area contributed by atoms with Gasteiger partial charge in [0, 0.05) is 4.91 Å². The Morgan fingerprint density at radius 1 is 1.75 bits per heavy atom. The van der Waals surface area contributed by atoms with Crippen LogP contribution in [-0.2, 0) is 0 Å². The maximum absolute atomic E-state index is 11.2. The number of aliphatic hydroxyl groups is 1. The molecule has 0 saturated carbocycles. The highest BCUT2D eigenvalue weighted by molar-refractivity contribution is 4.53. The van der Waals surface area contributed by atoms with Crippen LogP contribution in [0.2, 0.25) is 0 Å². The molecule has 4 nitrogen and oxygen atoms in total. The van der Waals surface area contributed by atoms with Crippen LogP contribution < -0.4 is 0 Å². The lowest BCUT2D eigenvalue weighted by atomic mass is 10.6. The van der Waals surface area contributed by atoms with E-state index in [4.69, 9.17) is 10.6 Å². The lowest BCUT2D eigenvalue weighted by Crippen LogP contribution is -2.17. The second-order valence-corrected chi connectivity index (χ2v) is 1.05. The summed E-state index contributed by atoms with van der Waals surface area (Å²) in [4.78, 5) is 2.01. The predicted molar refractivity (Wildman–Crippen MR) is 21.2 cm³/mol. The van der Waals surface area contributed by atoms with Crippen molar-refractivity contribution in [1.29, 1.82) is 0 Å². The highest BCUT2D eigenvalue weighted by Gasteiger charge is 2.21. The SMILES string of the molecule is [N-]=[N+]=NCC(O)(F)F. The largest absolute Gasteiger partial charge is 0.359 e. The van der Waals surface area contributed by atoms with Crippen LogP contribution in [-0.4, -0.2) is 17.8 Å². The van der Waals surface area contributed by atoms with E-state index in [-0.39, 0.29) is 0 Å². The van der Waals surface area contributed by atoms with Gasteiger partial charge in [-0.15, -0.1) is 0 Å². The summed E-state index contributed by atoms with van der Waals surface area (Å²) in [5.41, 5.74) is 7.44. The Morgan fingerprint density at radius 2 is 2.25 bits per heavy atom. The molecule has 0 radical (unpaired) electrons. The first-order valence-corrected chi connectivity index (χ1v) is 1.67. The van der Waals surface area contributed by atoms with Crippen molar-refractivity contribution < 1.29 is 13.9 Å². The first kappa shape index (κ1) is 7.13. The number of azide groups is 1. The van der Waals surface area contributed by atoms with E-state index in [9.17, 15) is 8.78 Å². The van der Waals surface area contributed by atoms with Crippen molar-refractivity contribution >= 4 is 0 Å². The monoisotopic (exact) mass is 123 g/mol. The van der Waals surface area contributed by atoms with Crippen molar-refractivity contribution in [2.75, 3.05) is 6.54 Å². The average molecular weight is 123 g/mol. The Kier molecular flexibility index (Phi) is 2.18. The third-order valence-corrected chi connectivity index (χ3v) is 0.324. The lowest BCUT2D eigenvalue weighted by Gasteiger charge is -2.00. The van der Waals surface area contributed by atoms with Gasteiger partial charge < -0.3 is 5.11 Å². The van der Waals surface area contributed by atoms with E-state index in [0.717, 1.165) is 0 Å². The summed E-state index contributed by atoms with van der Waals surface area (Å²) < 4.78 is 22.4. The molecule has 0 amide bonds. The molecule has 8 heavy (non-hydrogen) atoms. The van der Waals surface area contributed by atoms with Crippen LogP contribution in [0, 0.1) is 0 Å². The van der Waals surface area contributed by atoms with Gasteiger partial charge in [-0.25, -0.2) is 0 Å². The minimum absolute atomic E-state index is 1.20. The molecule has 6 heteroatoms. The molecule has 0 unspecified atom stereocenters. The van der Waals surface area contributed by atoms with Gasteiger partial charge >= 0.3 is 6.11 Å². The number of hydrogen-bond donors (Lipinski definition) is 1. The second-order valence-electron chi connectivity index (χ2n) is 1.05. The number of rotatable bonds is 2. The molecule has 0 fully saturated rings. The van der Waals surface area contributed by atoms with Crippen molar-refractivity contribution in [2.45, 2.75) is 6.11 Å². The lowest BCUT2D eigenvalue weighted by molar-refractivity contribution is -0.188. The van der Waals surface area contributed by atoms with Gasteiger partial charge in [-0.3, -0.25) is 0 Å². The van der Waals surface area contributed by atoms with Crippen molar-refractivity contribution in [3.8, 4) is 0 Å². The van der Waals surface area contributed by atoms with Crippen LogP contribution in [0.3, 0.4) is 0 Å². The minimum Gasteiger partial charge on any atom is -0.336 e. The van der Waals surface area contributed by atoms with Crippen molar-refractivity contribution in [3.05, 3.63) is 10.4 Å². The molecule has 0 aromatic heterocycles. The maximum Gasteiger partial charge on any atom is 0.359 e. The zero-order chi connectivity index (χ0) is 6.62. The number of halogens is 2. The smallest absolute Gasteiger partial charge is 0.336 e. The van der Waals surface area contributed by atoms with E-state index in [0.29, 0.717) is 0 Å². The number of nitrogens with zero attached hydrogens (tertiary/aromatic N) is 3. The molecular weight excluding hydrogens is 120 g/mol. The fourth-order valence-corrected chi connectivity index (χ4v) is 0.117. The summed E-state index contributed by atoms with van der Waals surface area (Å²) in [6.07, 6.45) is -3.87. The predicted octanol–water partition coefficient (Wildman–Crippen LogP) is 0.882. The van der Waals surface area contributed by atoms with Gasteiger partial charge in [0.2, 0.25) is 0 Å². The molecule has 1 N–H and O–H groups in total. The average Bonchev–Trinajstić information content (AvgIpc) is 1.59. The summed E-state index contributed by atoms with van der Waals surface area (Å²) in [5, 5.41) is 9.97. The standard InChI is InChI=1S/C2H3F2N3O/c3-2(4,8)1-6-7-5/h8H,1H2. The van der Waals surface area contributed by atoms with E-state index in [1.165, 1.54) is 0 Å². The molecule has 0 aromatic rings. The highest BCUT2D eigenvalue weighted by atomic mass is 19.3. The Labute approximate surface area is 43.4 Å². The van der Waals surface area contributed by atoms with Gasteiger partial charge in [-0.2, -0.15) is 8.78 Å². The van der Waals surface area contributed by atoms with E-state index in [1.54, 1.807) is 0 Å². The van der Waals surface area contributed by atoms with Crippen LogP contribution >= 0.6 is 0 Å². The zero-order valence-corrected chi connectivity index (χ0v) is 3.75. The molecule has 0 rings (SSSR count). The quantitative estimate of drug-likeness (QED) is 0.330. The summed E-state index contributed by atoms with van der Waals surface area (Å²) in [6.45, 7) is -1.20. The van der Waals surface area contributed by atoms with Gasteiger partial charge in [0.1, 0.15) is 6.54 Å². The fraction of sp³-hybridized carbons (Fsp3) is 1.00. The van der Waals surface area contributed by atoms with E-state index < -0.39 is 12.7 Å². The van der Waals surface area contributed by atoms with Crippen molar-refractivity contribution in [3.63, 3.8) is 0 Å². The maximum atomic E-state index is 11.2. The molecule has 46 valence electrons. The van der Waals surface area contributed by atoms with Gasteiger partial charge in [0.15, 0.2) is 0 Å². The Hall–Kier alpha value is -0.870. The summed E-state index contributed by atoms with van der Waals surface area (Å²) in [7, 11) is 0. The third kappa shape index (κ3) is 5.13. The molecule has 0 bridgehead atoms. The summed E-state index contributed by atoms with van der Waals surface area (Å²) in [6, 6.07) is 0. The molecule has 0 aliphatic rings. The van der Waals surface area contributed by atoms with Gasteiger partial charge in [0.25, 0.3) is 0 Å². The number of alkyl halides is 2.